The van der Waals surface area contributed by atoms with Gasteiger partial charge in [0.15, 0.2) is 0 Å². The summed E-state index contributed by atoms with van der Waals surface area (Å²) in [5.74, 6) is -0.821. The van der Waals surface area contributed by atoms with Crippen molar-refractivity contribution in [2.75, 3.05) is 19.6 Å². The standard InChI is InChI=1S/C12H24N2O4S/c1-10-6-5-7-13(8-10)19(17,18)14(9-11(15)16)12(2,3)4/h10H,5-9H2,1-4H3,(H,15,16). The van der Waals surface area contributed by atoms with E-state index in [1.54, 1.807) is 20.8 Å². The van der Waals surface area contributed by atoms with Crippen molar-refractivity contribution in [1.82, 2.24) is 8.61 Å². The fraction of sp³-hybridized carbons (Fsp3) is 0.917. The second-order valence-corrected chi connectivity index (χ2v) is 8.04. The van der Waals surface area contributed by atoms with Crippen LogP contribution in [0.15, 0.2) is 0 Å². The molecule has 0 amide bonds. The van der Waals surface area contributed by atoms with Crippen molar-refractivity contribution in [2.24, 2.45) is 5.92 Å². The van der Waals surface area contributed by atoms with E-state index in [2.05, 4.69) is 0 Å². The second-order valence-electron chi connectivity index (χ2n) is 6.18. The molecule has 1 atom stereocenters. The summed E-state index contributed by atoms with van der Waals surface area (Å²) in [6, 6.07) is 0. The normalized spacial score (nSPS) is 22.7. The molecule has 1 fully saturated rings. The Bertz CT molecular complexity index is 428. The number of piperidine rings is 1. The largest absolute Gasteiger partial charge is 0.480 e. The van der Waals surface area contributed by atoms with Crippen LogP contribution in [0.25, 0.3) is 0 Å². The first kappa shape index (κ1) is 16.4. The third-order valence-corrected chi connectivity index (χ3v) is 5.47. The Kier molecular flexibility index (Phi) is 4.97. The van der Waals surface area contributed by atoms with E-state index in [4.69, 9.17) is 5.11 Å². The minimum Gasteiger partial charge on any atom is -0.480 e. The lowest BCUT2D eigenvalue weighted by atomic mass is 10.0. The molecule has 1 rings (SSSR count). The molecule has 1 aliphatic rings. The summed E-state index contributed by atoms with van der Waals surface area (Å²) in [5.41, 5.74) is -0.752. The smallest absolute Gasteiger partial charge is 0.318 e. The van der Waals surface area contributed by atoms with Gasteiger partial charge in [-0.2, -0.15) is 17.0 Å². The summed E-state index contributed by atoms with van der Waals surface area (Å²) < 4.78 is 27.7. The first-order valence-corrected chi connectivity index (χ1v) is 7.94. The summed E-state index contributed by atoms with van der Waals surface area (Å²) in [6.07, 6.45) is 1.84. The Balaban J connectivity index is 3.02. The van der Waals surface area contributed by atoms with Gasteiger partial charge in [-0.3, -0.25) is 4.79 Å². The quantitative estimate of drug-likeness (QED) is 0.843. The van der Waals surface area contributed by atoms with Crippen LogP contribution in [-0.2, 0) is 15.0 Å². The Hall–Kier alpha value is -0.660. The molecule has 1 N–H and O–H groups in total. The topological polar surface area (TPSA) is 77.9 Å². The van der Waals surface area contributed by atoms with E-state index in [1.165, 1.54) is 4.31 Å². The second kappa shape index (κ2) is 5.76. The SMILES string of the molecule is CC1CCCN(S(=O)(=O)N(CC(=O)O)C(C)(C)C)C1. The van der Waals surface area contributed by atoms with Crippen LogP contribution in [0.3, 0.4) is 0 Å². The number of carboxylic acids is 1. The number of hydrogen-bond acceptors (Lipinski definition) is 3. The Morgan fingerprint density at radius 1 is 1.42 bits per heavy atom. The summed E-state index contributed by atoms with van der Waals surface area (Å²) >= 11 is 0. The van der Waals surface area contributed by atoms with Crippen molar-refractivity contribution in [3.8, 4) is 0 Å². The van der Waals surface area contributed by atoms with Gasteiger partial charge in [-0.1, -0.05) is 6.92 Å². The van der Waals surface area contributed by atoms with E-state index < -0.39 is 28.3 Å². The predicted octanol–water partition coefficient (Wildman–Crippen LogP) is 1.15. The molecular formula is C12H24N2O4S. The lowest BCUT2D eigenvalue weighted by molar-refractivity contribution is -0.138. The van der Waals surface area contributed by atoms with Crippen LogP contribution in [0.4, 0.5) is 0 Å². The molecule has 0 radical (unpaired) electrons. The van der Waals surface area contributed by atoms with Crippen LogP contribution in [-0.4, -0.2) is 53.3 Å². The molecule has 0 saturated carbocycles. The van der Waals surface area contributed by atoms with E-state index in [0.717, 1.165) is 17.1 Å². The van der Waals surface area contributed by atoms with E-state index in [9.17, 15) is 13.2 Å². The van der Waals surface area contributed by atoms with Gasteiger partial charge >= 0.3 is 5.97 Å². The van der Waals surface area contributed by atoms with Gasteiger partial charge in [-0.15, -0.1) is 0 Å². The molecular weight excluding hydrogens is 268 g/mol. The average molecular weight is 292 g/mol. The van der Waals surface area contributed by atoms with E-state index >= 15 is 0 Å². The van der Waals surface area contributed by atoms with E-state index in [1.807, 2.05) is 6.92 Å². The Morgan fingerprint density at radius 2 is 2.00 bits per heavy atom. The lowest BCUT2D eigenvalue weighted by Gasteiger charge is -2.39. The maximum Gasteiger partial charge on any atom is 0.318 e. The molecule has 1 aliphatic heterocycles. The lowest BCUT2D eigenvalue weighted by Crippen LogP contribution is -2.55. The van der Waals surface area contributed by atoms with Crippen LogP contribution < -0.4 is 0 Å². The Labute approximate surface area is 115 Å². The van der Waals surface area contributed by atoms with Gasteiger partial charge in [-0.25, -0.2) is 0 Å². The van der Waals surface area contributed by atoms with Crippen LogP contribution in [0.1, 0.15) is 40.5 Å². The first-order valence-electron chi connectivity index (χ1n) is 6.55. The van der Waals surface area contributed by atoms with Crippen LogP contribution in [0.2, 0.25) is 0 Å². The van der Waals surface area contributed by atoms with Gasteiger partial charge < -0.3 is 5.11 Å². The van der Waals surface area contributed by atoms with Crippen LogP contribution in [0.5, 0.6) is 0 Å². The molecule has 0 bridgehead atoms. The van der Waals surface area contributed by atoms with Crippen molar-refractivity contribution in [2.45, 2.75) is 46.1 Å². The molecule has 1 heterocycles. The maximum atomic E-state index is 12.6. The zero-order valence-corrected chi connectivity index (χ0v) is 12.9. The fourth-order valence-corrected chi connectivity index (χ4v) is 4.33. The minimum absolute atomic E-state index is 0.315. The monoisotopic (exact) mass is 292 g/mol. The van der Waals surface area contributed by atoms with Gasteiger partial charge in [0, 0.05) is 18.6 Å². The van der Waals surface area contributed by atoms with Gasteiger partial charge in [0.1, 0.15) is 6.54 Å². The molecule has 1 unspecified atom stereocenters. The number of carboxylic acid groups (broad SMARTS) is 1. The molecule has 0 aromatic rings. The van der Waals surface area contributed by atoms with Gasteiger partial charge in [-0.05, 0) is 39.5 Å². The summed E-state index contributed by atoms with van der Waals surface area (Å²) in [5, 5.41) is 8.94. The van der Waals surface area contributed by atoms with Crippen molar-refractivity contribution in [3.63, 3.8) is 0 Å². The highest BCUT2D eigenvalue weighted by atomic mass is 32.2. The first-order chi connectivity index (χ1) is 8.55. The maximum absolute atomic E-state index is 12.6. The summed E-state index contributed by atoms with van der Waals surface area (Å²) in [7, 11) is -3.72. The number of aliphatic carboxylic acids is 1. The third kappa shape index (κ3) is 4.15. The molecule has 7 heteroatoms. The zero-order chi connectivity index (χ0) is 14.8. The molecule has 1 saturated heterocycles. The third-order valence-electron chi connectivity index (χ3n) is 3.25. The molecule has 6 nitrogen and oxygen atoms in total. The van der Waals surface area contributed by atoms with Gasteiger partial charge in [0.25, 0.3) is 10.2 Å². The number of nitrogens with zero attached hydrogens (tertiary/aromatic N) is 2. The van der Waals surface area contributed by atoms with E-state index in [-0.39, 0.29) is 0 Å². The Morgan fingerprint density at radius 3 is 2.42 bits per heavy atom. The van der Waals surface area contributed by atoms with Gasteiger partial charge in [0.2, 0.25) is 0 Å². The van der Waals surface area contributed by atoms with Crippen molar-refractivity contribution in [1.29, 1.82) is 0 Å². The highest BCUT2D eigenvalue weighted by Gasteiger charge is 2.39. The highest BCUT2D eigenvalue weighted by Crippen LogP contribution is 2.25. The number of hydrogen-bond donors (Lipinski definition) is 1. The average Bonchev–Trinajstić information content (AvgIpc) is 2.24. The van der Waals surface area contributed by atoms with Crippen LogP contribution in [0, 0.1) is 5.92 Å². The molecule has 0 spiro atoms. The summed E-state index contributed by atoms with van der Waals surface area (Å²) in [6.45, 7) is 7.58. The van der Waals surface area contributed by atoms with Crippen molar-refractivity contribution < 1.29 is 18.3 Å². The number of rotatable bonds is 4. The summed E-state index contributed by atoms with van der Waals surface area (Å²) in [4.78, 5) is 10.9. The van der Waals surface area contributed by atoms with Crippen molar-refractivity contribution >= 4 is 16.2 Å². The zero-order valence-electron chi connectivity index (χ0n) is 12.1. The highest BCUT2D eigenvalue weighted by molar-refractivity contribution is 7.86. The molecule has 19 heavy (non-hydrogen) atoms. The number of carbonyl (C=O) groups is 1. The van der Waals surface area contributed by atoms with Gasteiger partial charge in [0.05, 0.1) is 0 Å². The minimum atomic E-state index is -3.72. The fourth-order valence-electron chi connectivity index (χ4n) is 2.28. The molecule has 112 valence electrons. The molecule has 0 aromatic carbocycles. The van der Waals surface area contributed by atoms with Crippen molar-refractivity contribution in [3.05, 3.63) is 0 Å². The molecule has 0 aromatic heterocycles. The van der Waals surface area contributed by atoms with Crippen LogP contribution >= 0.6 is 0 Å². The van der Waals surface area contributed by atoms with E-state index in [0.29, 0.717) is 19.0 Å². The molecule has 0 aliphatic carbocycles. The predicted molar refractivity (Wildman–Crippen MR) is 73.0 cm³/mol.